The summed E-state index contributed by atoms with van der Waals surface area (Å²) in [7, 11) is 0. The Morgan fingerprint density at radius 3 is 2.81 bits per heavy atom. The second kappa shape index (κ2) is 11.5. The van der Waals surface area contributed by atoms with Gasteiger partial charge in [-0.05, 0) is 79.1 Å². The van der Waals surface area contributed by atoms with Crippen molar-refractivity contribution in [3.8, 4) is 11.1 Å². The van der Waals surface area contributed by atoms with Gasteiger partial charge in [0.2, 0.25) is 0 Å². The van der Waals surface area contributed by atoms with E-state index < -0.39 is 24.5 Å². The summed E-state index contributed by atoms with van der Waals surface area (Å²) in [5.74, 6) is 0.0596. The van der Waals surface area contributed by atoms with Crippen LogP contribution in [0.2, 0.25) is 0 Å². The van der Waals surface area contributed by atoms with Crippen molar-refractivity contribution in [2.24, 2.45) is 5.92 Å². The van der Waals surface area contributed by atoms with Crippen LogP contribution in [-0.2, 0) is 4.74 Å². The smallest absolute Gasteiger partial charge is 0.389 e. The first-order valence-electron chi connectivity index (χ1n) is 12.5. The fraction of sp³-hybridized carbons (Fsp3) is 0.481. The van der Waals surface area contributed by atoms with Gasteiger partial charge in [0.15, 0.2) is 0 Å². The third-order valence-electron chi connectivity index (χ3n) is 6.68. The number of anilines is 2. The molecule has 2 atom stereocenters. The van der Waals surface area contributed by atoms with Crippen LogP contribution in [0.25, 0.3) is 16.7 Å². The van der Waals surface area contributed by atoms with E-state index in [0.717, 1.165) is 34.4 Å². The number of aryl methyl sites for hydroxylation is 1. The molecule has 1 aromatic heterocycles. The number of aliphatic hydroxyl groups is 1. The Morgan fingerprint density at radius 2 is 2.11 bits per heavy atom. The van der Waals surface area contributed by atoms with Gasteiger partial charge in [-0.3, -0.25) is 0 Å². The predicted octanol–water partition coefficient (Wildman–Crippen LogP) is 5.46. The molecule has 0 aliphatic carbocycles. The van der Waals surface area contributed by atoms with Crippen molar-refractivity contribution in [2.75, 3.05) is 43.5 Å². The molecule has 200 valence electrons. The number of aromatic nitrogens is 1. The molecule has 1 aromatic carbocycles. The first kappa shape index (κ1) is 26.9. The van der Waals surface area contributed by atoms with Gasteiger partial charge in [-0.15, -0.1) is 0 Å². The van der Waals surface area contributed by atoms with Gasteiger partial charge in [0, 0.05) is 31.2 Å². The maximum Gasteiger partial charge on any atom is 0.389 e. The Hall–Kier alpha value is -3.11. The van der Waals surface area contributed by atoms with E-state index in [1.165, 1.54) is 4.90 Å². The number of pyridine rings is 1. The van der Waals surface area contributed by atoms with Crippen LogP contribution in [0, 0.1) is 12.8 Å². The van der Waals surface area contributed by atoms with E-state index in [-0.39, 0.29) is 19.2 Å². The van der Waals surface area contributed by atoms with E-state index in [4.69, 9.17) is 9.72 Å². The molecule has 3 N–H and O–H groups in total. The van der Waals surface area contributed by atoms with Gasteiger partial charge < -0.3 is 25.4 Å². The Kier molecular flexibility index (Phi) is 8.39. The number of urea groups is 1. The number of carbonyl (C=O) groups excluding carboxylic acids is 1. The average Bonchev–Trinajstić information content (AvgIpc) is 3.32. The number of amides is 2. The number of carbonyl (C=O) groups is 1. The summed E-state index contributed by atoms with van der Waals surface area (Å²) >= 11 is 0. The molecule has 2 aliphatic heterocycles. The van der Waals surface area contributed by atoms with E-state index in [0.29, 0.717) is 37.7 Å². The van der Waals surface area contributed by atoms with Crippen LogP contribution in [0.3, 0.4) is 0 Å². The van der Waals surface area contributed by atoms with Gasteiger partial charge in [0.05, 0.1) is 25.5 Å². The van der Waals surface area contributed by atoms with Crippen molar-refractivity contribution < 1.29 is 27.8 Å². The lowest BCUT2D eigenvalue weighted by Gasteiger charge is -2.20. The number of ether oxygens (including phenoxy) is 1. The second-order valence-corrected chi connectivity index (χ2v) is 9.79. The third-order valence-corrected chi connectivity index (χ3v) is 6.68. The Bertz CT molecular complexity index is 1150. The van der Waals surface area contributed by atoms with Crippen molar-refractivity contribution >= 4 is 23.1 Å². The number of alkyl halides is 3. The summed E-state index contributed by atoms with van der Waals surface area (Å²) in [5.41, 5.74) is 5.23. The number of hydrogen-bond acceptors (Lipinski definition) is 5. The van der Waals surface area contributed by atoms with E-state index in [9.17, 15) is 23.1 Å². The van der Waals surface area contributed by atoms with E-state index in [1.54, 1.807) is 6.07 Å². The van der Waals surface area contributed by atoms with Crippen LogP contribution >= 0.6 is 0 Å². The summed E-state index contributed by atoms with van der Waals surface area (Å²) in [5, 5.41) is 15.6. The maximum atomic E-state index is 12.8. The molecule has 0 spiro atoms. The number of aliphatic hydroxyl groups excluding tert-OH is 1. The largest absolute Gasteiger partial charge is 0.394 e. The van der Waals surface area contributed by atoms with Gasteiger partial charge in [0.25, 0.3) is 0 Å². The number of likely N-dealkylation sites (tertiary alicyclic amines) is 1. The normalized spacial score (nSPS) is 18.9. The van der Waals surface area contributed by atoms with Crippen LogP contribution in [0.5, 0.6) is 0 Å². The Labute approximate surface area is 214 Å². The van der Waals surface area contributed by atoms with Crippen molar-refractivity contribution in [1.29, 1.82) is 0 Å². The van der Waals surface area contributed by atoms with Crippen LogP contribution in [-0.4, -0.2) is 66.1 Å². The summed E-state index contributed by atoms with van der Waals surface area (Å²) in [6.07, 6.45) is -2.00. The SMILES string of the molecule is Cc1ccc(NC(=O)N2CC[C@@H](CC(F)(F)F)C2)cc1-c1cc(N[C@H](C)CO)nc(C2=CCOCC2)c1. The third kappa shape index (κ3) is 7.23. The minimum atomic E-state index is -4.23. The number of rotatable bonds is 7. The standard InChI is InChI=1S/C27H33F3N4O3/c1-17-3-4-22(32-26(36)34-8-5-19(15-34)14-27(28,29)30)13-23(17)21-11-24(20-6-9-37-10-7-20)33-25(12-21)31-18(2)16-35/h3-4,6,11-13,18-19,35H,5,7-10,14-16H2,1-2H3,(H,31,33)(H,32,36)/t18-,19+/m1/s1. The molecular formula is C27H33F3N4O3. The lowest BCUT2D eigenvalue weighted by Crippen LogP contribution is -2.33. The van der Waals surface area contributed by atoms with Crippen LogP contribution < -0.4 is 10.6 Å². The highest BCUT2D eigenvalue weighted by Crippen LogP contribution is 2.33. The van der Waals surface area contributed by atoms with E-state index >= 15 is 0 Å². The van der Waals surface area contributed by atoms with Gasteiger partial charge in [-0.2, -0.15) is 13.2 Å². The van der Waals surface area contributed by atoms with Crippen LogP contribution in [0.4, 0.5) is 29.5 Å². The first-order chi connectivity index (χ1) is 17.6. The maximum absolute atomic E-state index is 12.8. The Morgan fingerprint density at radius 1 is 1.30 bits per heavy atom. The van der Waals surface area contributed by atoms with Crippen LogP contribution in [0.15, 0.2) is 36.4 Å². The average molecular weight is 519 g/mol. The second-order valence-electron chi connectivity index (χ2n) is 9.79. The minimum absolute atomic E-state index is 0.0430. The molecule has 0 bridgehead atoms. The van der Waals surface area contributed by atoms with Crippen molar-refractivity contribution in [3.63, 3.8) is 0 Å². The topological polar surface area (TPSA) is 86.7 Å². The quantitative estimate of drug-likeness (QED) is 0.453. The molecule has 37 heavy (non-hydrogen) atoms. The van der Waals surface area contributed by atoms with Crippen molar-refractivity contribution in [3.05, 3.63) is 47.7 Å². The molecule has 3 heterocycles. The van der Waals surface area contributed by atoms with E-state index in [1.807, 2.05) is 44.2 Å². The van der Waals surface area contributed by atoms with Gasteiger partial charge >= 0.3 is 12.2 Å². The number of benzene rings is 1. The molecule has 10 heteroatoms. The zero-order chi connectivity index (χ0) is 26.6. The number of halogens is 3. The minimum Gasteiger partial charge on any atom is -0.394 e. The lowest BCUT2D eigenvalue weighted by molar-refractivity contribution is -0.143. The number of nitrogens with one attached hydrogen (secondary N) is 2. The summed E-state index contributed by atoms with van der Waals surface area (Å²) < 4.78 is 43.7. The summed E-state index contributed by atoms with van der Waals surface area (Å²) in [6.45, 7) is 5.33. The zero-order valence-corrected chi connectivity index (χ0v) is 21.1. The zero-order valence-electron chi connectivity index (χ0n) is 21.1. The van der Waals surface area contributed by atoms with Crippen molar-refractivity contribution in [1.82, 2.24) is 9.88 Å². The molecule has 0 saturated carbocycles. The molecule has 2 amide bonds. The van der Waals surface area contributed by atoms with E-state index in [2.05, 4.69) is 10.6 Å². The highest BCUT2D eigenvalue weighted by Gasteiger charge is 2.36. The molecule has 1 fully saturated rings. The fourth-order valence-electron chi connectivity index (χ4n) is 4.71. The first-order valence-corrected chi connectivity index (χ1v) is 12.5. The van der Waals surface area contributed by atoms with Gasteiger partial charge in [-0.1, -0.05) is 12.1 Å². The molecule has 0 unspecified atom stereocenters. The fourth-order valence-corrected chi connectivity index (χ4v) is 4.71. The predicted molar refractivity (Wildman–Crippen MR) is 137 cm³/mol. The summed E-state index contributed by atoms with van der Waals surface area (Å²) in [4.78, 5) is 19.0. The van der Waals surface area contributed by atoms with Crippen molar-refractivity contribution in [2.45, 2.75) is 45.3 Å². The molecule has 1 saturated heterocycles. The number of hydrogen-bond donors (Lipinski definition) is 3. The monoisotopic (exact) mass is 518 g/mol. The lowest BCUT2D eigenvalue weighted by atomic mass is 9.97. The molecule has 2 aliphatic rings. The number of nitrogens with zero attached hydrogens (tertiary/aromatic N) is 2. The molecule has 2 aromatic rings. The van der Waals surface area contributed by atoms with Gasteiger partial charge in [0.1, 0.15) is 5.82 Å². The molecular weight excluding hydrogens is 485 g/mol. The molecule has 4 rings (SSSR count). The highest BCUT2D eigenvalue weighted by atomic mass is 19.4. The molecule has 7 nitrogen and oxygen atoms in total. The molecule has 0 radical (unpaired) electrons. The Balaban J connectivity index is 1.57. The van der Waals surface area contributed by atoms with Gasteiger partial charge in [-0.25, -0.2) is 9.78 Å². The summed E-state index contributed by atoms with van der Waals surface area (Å²) in [6, 6.07) is 8.88. The van der Waals surface area contributed by atoms with Crippen LogP contribution in [0.1, 0.15) is 37.4 Å². The highest BCUT2D eigenvalue weighted by molar-refractivity contribution is 5.91.